The molecule has 2 amide bonds. The summed E-state index contributed by atoms with van der Waals surface area (Å²) < 4.78 is 10.7. The smallest absolute Gasteiger partial charge is 0.328 e. The summed E-state index contributed by atoms with van der Waals surface area (Å²) >= 11 is 6.12. The van der Waals surface area contributed by atoms with Crippen LogP contribution < -0.4 is 15.4 Å². The molecule has 7 nitrogen and oxygen atoms in total. The molecule has 0 bridgehead atoms. The Kier molecular flexibility index (Phi) is 7.31. The minimum absolute atomic E-state index is 0.252. The minimum Gasteiger partial charge on any atom is -0.493 e. The molecule has 0 aliphatic heterocycles. The quantitative estimate of drug-likeness (QED) is 0.502. The lowest BCUT2D eigenvalue weighted by molar-refractivity contribution is -0.144. The van der Waals surface area contributed by atoms with E-state index in [1.54, 1.807) is 38.1 Å². The molecular weight excluding hydrogens is 418 g/mol. The molecule has 0 unspecified atom stereocenters. The zero-order chi connectivity index (χ0) is 22.4. The maximum atomic E-state index is 12.3. The van der Waals surface area contributed by atoms with Gasteiger partial charge in [0.2, 0.25) is 0 Å². The van der Waals surface area contributed by atoms with Gasteiger partial charge in [-0.15, -0.1) is 0 Å². The lowest BCUT2D eigenvalue weighted by atomic mass is 10.1. The third kappa shape index (κ3) is 5.64. The molecule has 0 spiro atoms. The normalized spacial score (nSPS) is 11.6. The summed E-state index contributed by atoms with van der Waals surface area (Å²) in [6, 6.07) is 13.3. The number of hydrogen-bond acceptors (Lipinski definition) is 5. The Labute approximate surface area is 185 Å². The van der Waals surface area contributed by atoms with Crippen LogP contribution in [-0.4, -0.2) is 36.2 Å². The molecule has 162 valence electrons. The van der Waals surface area contributed by atoms with Gasteiger partial charge in [-0.05, 0) is 51.1 Å². The van der Waals surface area contributed by atoms with E-state index in [1.807, 2.05) is 31.2 Å². The Hall–Kier alpha value is -3.32. The number of fused-ring (bicyclic) bond motifs is 1. The van der Waals surface area contributed by atoms with Crippen LogP contribution in [0.3, 0.4) is 0 Å². The Bertz CT molecular complexity index is 1100. The van der Waals surface area contributed by atoms with Crippen molar-refractivity contribution in [2.75, 3.05) is 18.5 Å². The molecule has 0 saturated heterocycles. The van der Waals surface area contributed by atoms with Crippen molar-refractivity contribution in [3.05, 3.63) is 53.6 Å². The number of carbonyl (C=O) groups excluding carboxylic acids is 2. The molecule has 0 radical (unpaired) electrons. The Morgan fingerprint density at radius 1 is 1.10 bits per heavy atom. The summed E-state index contributed by atoms with van der Waals surface area (Å²) in [5, 5.41) is 6.66. The highest BCUT2D eigenvalue weighted by atomic mass is 35.5. The van der Waals surface area contributed by atoms with Gasteiger partial charge in [-0.3, -0.25) is 0 Å². The van der Waals surface area contributed by atoms with Gasteiger partial charge in [0.1, 0.15) is 11.8 Å². The number of halogens is 1. The van der Waals surface area contributed by atoms with Crippen molar-refractivity contribution in [1.29, 1.82) is 0 Å². The van der Waals surface area contributed by atoms with Gasteiger partial charge in [-0.2, -0.15) is 0 Å². The highest BCUT2D eigenvalue weighted by Gasteiger charge is 2.17. The SMILES string of the molecule is CCOC(=O)[C@H](C)NC(=O)Nc1ccc2nc(-c3cccc(Cl)c3)cc(OCC)c2c1. The van der Waals surface area contributed by atoms with Crippen molar-refractivity contribution >= 4 is 40.2 Å². The molecule has 0 aliphatic rings. The molecular formula is C23H24ClN3O4. The van der Waals surface area contributed by atoms with E-state index in [9.17, 15) is 9.59 Å². The number of hydrogen-bond donors (Lipinski definition) is 2. The van der Waals surface area contributed by atoms with E-state index in [0.717, 1.165) is 16.6 Å². The van der Waals surface area contributed by atoms with Gasteiger partial charge < -0.3 is 20.1 Å². The van der Waals surface area contributed by atoms with E-state index < -0.39 is 18.0 Å². The summed E-state index contributed by atoms with van der Waals surface area (Å²) in [7, 11) is 0. The number of nitrogens with zero attached hydrogens (tertiary/aromatic N) is 1. The molecule has 1 heterocycles. The molecule has 8 heteroatoms. The van der Waals surface area contributed by atoms with E-state index in [0.29, 0.717) is 28.6 Å². The van der Waals surface area contributed by atoms with Gasteiger partial charge >= 0.3 is 12.0 Å². The average molecular weight is 442 g/mol. The fourth-order valence-electron chi connectivity index (χ4n) is 3.03. The molecule has 0 fully saturated rings. The van der Waals surface area contributed by atoms with Crippen LogP contribution in [0.2, 0.25) is 5.02 Å². The topological polar surface area (TPSA) is 89.5 Å². The average Bonchev–Trinajstić information content (AvgIpc) is 2.74. The first-order valence-electron chi connectivity index (χ1n) is 9.99. The summed E-state index contributed by atoms with van der Waals surface area (Å²) in [4.78, 5) is 28.7. The lowest BCUT2D eigenvalue weighted by Gasteiger charge is -2.15. The number of esters is 1. The predicted molar refractivity (Wildman–Crippen MR) is 122 cm³/mol. The highest BCUT2D eigenvalue weighted by Crippen LogP contribution is 2.32. The lowest BCUT2D eigenvalue weighted by Crippen LogP contribution is -2.41. The maximum absolute atomic E-state index is 12.3. The van der Waals surface area contributed by atoms with Gasteiger partial charge in [-0.25, -0.2) is 14.6 Å². The number of amides is 2. The molecule has 2 N–H and O–H groups in total. The minimum atomic E-state index is -0.763. The predicted octanol–water partition coefficient (Wildman–Crippen LogP) is 5.03. The third-order valence-corrected chi connectivity index (χ3v) is 4.67. The van der Waals surface area contributed by atoms with E-state index in [-0.39, 0.29) is 6.61 Å². The van der Waals surface area contributed by atoms with Crippen LogP contribution in [0.15, 0.2) is 48.5 Å². The number of pyridine rings is 1. The molecule has 3 rings (SSSR count). The first-order chi connectivity index (χ1) is 14.9. The summed E-state index contributed by atoms with van der Waals surface area (Å²) in [6.07, 6.45) is 0. The van der Waals surface area contributed by atoms with Crippen LogP contribution in [0.5, 0.6) is 5.75 Å². The van der Waals surface area contributed by atoms with Crippen molar-refractivity contribution in [3.63, 3.8) is 0 Å². The highest BCUT2D eigenvalue weighted by molar-refractivity contribution is 6.30. The van der Waals surface area contributed by atoms with Crippen molar-refractivity contribution in [2.24, 2.45) is 0 Å². The van der Waals surface area contributed by atoms with Crippen molar-refractivity contribution in [3.8, 4) is 17.0 Å². The zero-order valence-electron chi connectivity index (χ0n) is 17.6. The molecule has 1 aromatic heterocycles. The summed E-state index contributed by atoms with van der Waals surface area (Å²) in [5.41, 5.74) is 2.87. The second kappa shape index (κ2) is 10.1. The van der Waals surface area contributed by atoms with E-state index in [1.165, 1.54) is 0 Å². The monoisotopic (exact) mass is 441 g/mol. The van der Waals surface area contributed by atoms with Crippen LogP contribution in [0.1, 0.15) is 20.8 Å². The zero-order valence-corrected chi connectivity index (χ0v) is 18.3. The number of nitrogens with one attached hydrogen (secondary N) is 2. The largest absolute Gasteiger partial charge is 0.493 e. The van der Waals surface area contributed by atoms with Crippen molar-refractivity contribution in [2.45, 2.75) is 26.8 Å². The van der Waals surface area contributed by atoms with Gasteiger partial charge in [0.25, 0.3) is 0 Å². The fraction of sp³-hybridized carbons (Fsp3) is 0.261. The number of rotatable bonds is 7. The first kappa shape index (κ1) is 22.4. The number of anilines is 1. The second-order valence-electron chi connectivity index (χ2n) is 6.75. The summed E-state index contributed by atoms with van der Waals surface area (Å²) in [6.45, 7) is 5.90. The molecule has 0 saturated carbocycles. The molecule has 1 atom stereocenters. The standard InChI is InChI=1S/C23H24ClN3O4/c1-4-30-21-13-20(15-7-6-8-16(24)11-15)27-19-10-9-17(12-18(19)21)26-23(29)25-14(3)22(28)31-5-2/h6-14H,4-5H2,1-3H3,(H2,25,26,29)/t14-/m0/s1. The Morgan fingerprint density at radius 2 is 1.90 bits per heavy atom. The van der Waals surface area contributed by atoms with Gasteiger partial charge in [0.15, 0.2) is 0 Å². The van der Waals surface area contributed by atoms with Crippen LogP contribution >= 0.6 is 11.6 Å². The molecule has 2 aromatic carbocycles. The maximum Gasteiger partial charge on any atom is 0.328 e. The molecule has 0 aliphatic carbocycles. The van der Waals surface area contributed by atoms with Crippen LogP contribution in [0.25, 0.3) is 22.2 Å². The third-order valence-electron chi connectivity index (χ3n) is 4.44. The Balaban J connectivity index is 1.87. The fourth-order valence-corrected chi connectivity index (χ4v) is 3.22. The first-order valence-corrected chi connectivity index (χ1v) is 10.4. The van der Waals surface area contributed by atoms with E-state index in [2.05, 4.69) is 10.6 Å². The molecule has 3 aromatic rings. The second-order valence-corrected chi connectivity index (χ2v) is 7.19. The van der Waals surface area contributed by atoms with E-state index >= 15 is 0 Å². The summed E-state index contributed by atoms with van der Waals surface area (Å²) in [5.74, 6) is 0.152. The van der Waals surface area contributed by atoms with Crippen LogP contribution in [0, 0.1) is 0 Å². The number of aromatic nitrogens is 1. The molecule has 31 heavy (non-hydrogen) atoms. The van der Waals surface area contributed by atoms with Crippen LogP contribution in [0.4, 0.5) is 10.5 Å². The van der Waals surface area contributed by atoms with Gasteiger partial charge in [-0.1, -0.05) is 23.7 Å². The number of ether oxygens (including phenoxy) is 2. The van der Waals surface area contributed by atoms with Crippen molar-refractivity contribution in [1.82, 2.24) is 10.3 Å². The number of carbonyl (C=O) groups is 2. The number of urea groups is 1. The van der Waals surface area contributed by atoms with Gasteiger partial charge in [0, 0.05) is 27.7 Å². The van der Waals surface area contributed by atoms with E-state index in [4.69, 9.17) is 26.1 Å². The Morgan fingerprint density at radius 3 is 2.61 bits per heavy atom. The van der Waals surface area contributed by atoms with Crippen LogP contribution in [-0.2, 0) is 9.53 Å². The van der Waals surface area contributed by atoms with Crippen molar-refractivity contribution < 1.29 is 19.1 Å². The number of benzene rings is 2. The van der Waals surface area contributed by atoms with Gasteiger partial charge in [0.05, 0.1) is 24.4 Å².